The second-order valence-electron chi connectivity index (χ2n) is 4.00. The van der Waals surface area contributed by atoms with Crippen molar-refractivity contribution in [2.45, 2.75) is 0 Å². The van der Waals surface area contributed by atoms with Gasteiger partial charge in [0.2, 0.25) is 0 Å². The molecule has 0 aliphatic rings. The molecule has 0 saturated carbocycles. The molecule has 0 spiro atoms. The summed E-state index contributed by atoms with van der Waals surface area (Å²) in [6.45, 7) is 0. The Hall–Kier alpha value is -1.99. The van der Waals surface area contributed by atoms with Gasteiger partial charge in [-0.1, -0.05) is 11.6 Å². The van der Waals surface area contributed by atoms with Gasteiger partial charge in [0.05, 0.1) is 29.3 Å². The zero-order valence-corrected chi connectivity index (χ0v) is 12.0. The number of nitrogens with zero attached hydrogens (tertiary/aromatic N) is 5. The Balaban J connectivity index is 2.10. The fourth-order valence-corrected chi connectivity index (χ4v) is 2.68. The minimum absolute atomic E-state index is 0.320. The van der Waals surface area contributed by atoms with Crippen molar-refractivity contribution in [1.29, 1.82) is 0 Å². The molecular weight excluding hydrogens is 298 g/mol. The standard InChI is InChI=1S/C12H10ClN5OS/c1-20(19)18-11(4-6-15-18)10-8-17(16-12(10)13)9-3-2-5-14-7-9/h2-8H,1H3. The van der Waals surface area contributed by atoms with E-state index >= 15 is 0 Å². The zero-order chi connectivity index (χ0) is 14.1. The van der Waals surface area contributed by atoms with Gasteiger partial charge in [-0.15, -0.1) is 0 Å². The molecule has 0 saturated heterocycles. The molecule has 1 atom stereocenters. The summed E-state index contributed by atoms with van der Waals surface area (Å²) in [6, 6.07) is 5.43. The van der Waals surface area contributed by atoms with Crippen molar-refractivity contribution >= 4 is 22.6 Å². The van der Waals surface area contributed by atoms with E-state index in [4.69, 9.17) is 11.6 Å². The van der Waals surface area contributed by atoms with Crippen LogP contribution in [0, 0.1) is 0 Å². The highest BCUT2D eigenvalue weighted by atomic mass is 35.5. The summed E-state index contributed by atoms with van der Waals surface area (Å²) in [5.74, 6) is 0. The molecule has 1 unspecified atom stereocenters. The average molecular weight is 308 g/mol. The first-order valence-electron chi connectivity index (χ1n) is 5.70. The molecule has 0 fully saturated rings. The topological polar surface area (TPSA) is 65.6 Å². The number of pyridine rings is 1. The quantitative estimate of drug-likeness (QED) is 0.741. The normalized spacial score (nSPS) is 12.5. The van der Waals surface area contributed by atoms with Gasteiger partial charge >= 0.3 is 0 Å². The van der Waals surface area contributed by atoms with Crippen molar-refractivity contribution in [1.82, 2.24) is 24.0 Å². The van der Waals surface area contributed by atoms with E-state index in [0.29, 0.717) is 16.4 Å². The SMILES string of the molecule is CS(=O)n1nccc1-c1cn(-c2cccnc2)nc1Cl. The van der Waals surface area contributed by atoms with Gasteiger partial charge in [0.1, 0.15) is 11.0 Å². The molecule has 0 aromatic carbocycles. The molecule has 6 nitrogen and oxygen atoms in total. The third kappa shape index (κ3) is 2.25. The van der Waals surface area contributed by atoms with Gasteiger partial charge in [0.15, 0.2) is 5.15 Å². The van der Waals surface area contributed by atoms with Crippen LogP contribution in [-0.2, 0) is 11.0 Å². The van der Waals surface area contributed by atoms with Crippen molar-refractivity contribution in [3.63, 3.8) is 0 Å². The largest absolute Gasteiger partial charge is 0.262 e. The molecule has 0 amide bonds. The Morgan fingerprint density at radius 2 is 2.15 bits per heavy atom. The van der Waals surface area contributed by atoms with Gasteiger partial charge in [-0.3, -0.25) is 4.98 Å². The lowest BCUT2D eigenvalue weighted by molar-refractivity contribution is 0.676. The van der Waals surface area contributed by atoms with E-state index in [-0.39, 0.29) is 0 Å². The highest BCUT2D eigenvalue weighted by Gasteiger charge is 2.15. The molecule has 3 rings (SSSR count). The first-order chi connectivity index (χ1) is 9.66. The number of hydrogen-bond donors (Lipinski definition) is 0. The van der Waals surface area contributed by atoms with Gasteiger partial charge in [-0.25, -0.2) is 8.89 Å². The molecule has 3 heterocycles. The lowest BCUT2D eigenvalue weighted by Crippen LogP contribution is -2.05. The Morgan fingerprint density at radius 1 is 1.30 bits per heavy atom. The van der Waals surface area contributed by atoms with Crippen LogP contribution in [0.2, 0.25) is 5.15 Å². The van der Waals surface area contributed by atoms with Gasteiger partial charge in [0, 0.05) is 18.6 Å². The van der Waals surface area contributed by atoms with Gasteiger partial charge < -0.3 is 0 Å². The molecule has 0 bridgehead atoms. The van der Waals surface area contributed by atoms with Gasteiger partial charge in [-0.2, -0.15) is 14.3 Å². The molecule has 0 N–H and O–H groups in total. The van der Waals surface area contributed by atoms with Crippen LogP contribution in [0.3, 0.4) is 0 Å². The predicted octanol–water partition coefficient (Wildman–Crippen LogP) is 1.93. The second-order valence-corrected chi connectivity index (χ2v) is 5.55. The van der Waals surface area contributed by atoms with Crippen LogP contribution in [0.5, 0.6) is 0 Å². The van der Waals surface area contributed by atoms with Crippen LogP contribution < -0.4 is 0 Å². The summed E-state index contributed by atoms with van der Waals surface area (Å²) in [6.07, 6.45) is 8.26. The fraction of sp³-hybridized carbons (Fsp3) is 0.0833. The molecule has 3 aromatic rings. The summed E-state index contributed by atoms with van der Waals surface area (Å²) < 4.78 is 14.6. The van der Waals surface area contributed by atoms with Crippen molar-refractivity contribution in [2.75, 3.05) is 6.26 Å². The lowest BCUT2D eigenvalue weighted by Gasteiger charge is -2.01. The Bertz CT molecular complexity index is 767. The molecule has 0 aliphatic carbocycles. The van der Waals surface area contributed by atoms with Crippen LogP contribution >= 0.6 is 11.6 Å². The summed E-state index contributed by atoms with van der Waals surface area (Å²) in [5.41, 5.74) is 2.12. The fourth-order valence-electron chi connectivity index (χ4n) is 1.83. The third-order valence-electron chi connectivity index (χ3n) is 2.71. The van der Waals surface area contributed by atoms with Crippen molar-refractivity contribution in [2.24, 2.45) is 0 Å². The zero-order valence-electron chi connectivity index (χ0n) is 10.5. The molecule has 8 heteroatoms. The maximum Gasteiger partial charge on any atom is 0.160 e. The molecule has 0 aliphatic heterocycles. The molecular formula is C12H10ClN5OS. The van der Waals surface area contributed by atoms with E-state index in [1.165, 1.54) is 4.09 Å². The second kappa shape index (κ2) is 5.18. The summed E-state index contributed by atoms with van der Waals surface area (Å²) in [4.78, 5) is 4.04. The molecule has 0 radical (unpaired) electrons. The lowest BCUT2D eigenvalue weighted by atomic mass is 10.3. The minimum Gasteiger partial charge on any atom is -0.262 e. The molecule has 3 aromatic heterocycles. The van der Waals surface area contributed by atoms with Crippen LogP contribution in [0.4, 0.5) is 0 Å². The van der Waals surface area contributed by atoms with Crippen LogP contribution in [0.15, 0.2) is 43.0 Å². The summed E-state index contributed by atoms with van der Waals surface area (Å²) in [7, 11) is -1.26. The maximum atomic E-state index is 11.6. The smallest absolute Gasteiger partial charge is 0.160 e. The molecule has 20 heavy (non-hydrogen) atoms. The van der Waals surface area contributed by atoms with Crippen LogP contribution in [0.25, 0.3) is 16.9 Å². The number of hydrogen-bond acceptors (Lipinski definition) is 4. The highest BCUT2D eigenvalue weighted by Crippen LogP contribution is 2.27. The predicted molar refractivity (Wildman–Crippen MR) is 77.1 cm³/mol. The van der Waals surface area contributed by atoms with Gasteiger partial charge in [-0.05, 0) is 18.2 Å². The summed E-state index contributed by atoms with van der Waals surface area (Å²) in [5, 5.41) is 8.58. The average Bonchev–Trinajstić information content (AvgIpc) is 3.05. The Labute approximate surface area is 122 Å². The van der Waals surface area contributed by atoms with E-state index in [9.17, 15) is 4.21 Å². The van der Waals surface area contributed by atoms with Crippen LogP contribution in [0.1, 0.15) is 0 Å². The van der Waals surface area contributed by atoms with E-state index in [0.717, 1.165) is 5.69 Å². The van der Waals surface area contributed by atoms with Crippen molar-refractivity contribution < 1.29 is 4.21 Å². The number of rotatable bonds is 3. The van der Waals surface area contributed by atoms with Crippen molar-refractivity contribution in [3.8, 4) is 16.9 Å². The molecule has 102 valence electrons. The highest BCUT2D eigenvalue weighted by molar-refractivity contribution is 7.82. The van der Waals surface area contributed by atoms with E-state index < -0.39 is 11.0 Å². The van der Waals surface area contributed by atoms with Crippen molar-refractivity contribution in [3.05, 3.63) is 48.1 Å². The maximum absolute atomic E-state index is 11.6. The first-order valence-corrected chi connectivity index (χ1v) is 7.60. The van der Waals surface area contributed by atoms with Gasteiger partial charge in [0.25, 0.3) is 0 Å². The summed E-state index contributed by atoms with van der Waals surface area (Å²) >= 11 is 6.17. The number of halogens is 1. The Kier molecular flexibility index (Phi) is 3.37. The number of aromatic nitrogens is 5. The van der Waals surface area contributed by atoms with E-state index in [1.807, 2.05) is 12.1 Å². The van der Waals surface area contributed by atoms with E-state index in [2.05, 4.69) is 15.2 Å². The first kappa shape index (κ1) is 13.0. The monoisotopic (exact) mass is 307 g/mol. The minimum atomic E-state index is -1.26. The Morgan fingerprint density at radius 3 is 2.85 bits per heavy atom. The van der Waals surface area contributed by atoms with Crippen LogP contribution in [-0.4, -0.2) is 34.4 Å². The third-order valence-corrected chi connectivity index (χ3v) is 3.77. The van der Waals surface area contributed by atoms with E-state index in [1.54, 1.807) is 41.8 Å².